The lowest BCUT2D eigenvalue weighted by molar-refractivity contribution is -0.113. The van der Waals surface area contributed by atoms with Crippen molar-refractivity contribution in [1.29, 1.82) is 0 Å². The molecule has 0 aliphatic carbocycles. The van der Waals surface area contributed by atoms with Gasteiger partial charge >= 0.3 is 0 Å². The first-order valence-corrected chi connectivity index (χ1v) is 11.5. The van der Waals surface area contributed by atoms with Crippen LogP contribution in [0, 0.1) is 0 Å². The van der Waals surface area contributed by atoms with Crippen LogP contribution in [0.2, 0.25) is 5.15 Å². The molecule has 1 amide bonds. The Morgan fingerprint density at radius 3 is 2.34 bits per heavy atom. The molecule has 3 aromatic rings. The molecule has 7 nitrogen and oxygen atoms in total. The number of hydrogen-bond donors (Lipinski definition) is 2. The number of rotatable bonds is 8. The maximum absolute atomic E-state index is 12.4. The van der Waals surface area contributed by atoms with E-state index in [0.29, 0.717) is 11.4 Å². The average molecular weight is 449 g/mol. The molecule has 0 unspecified atom stereocenters. The fourth-order valence-electron chi connectivity index (χ4n) is 2.32. The minimum Gasteiger partial charge on any atom is -0.325 e. The number of carbonyl (C=O) groups excluding carboxylic acids is 1. The summed E-state index contributed by atoms with van der Waals surface area (Å²) in [7, 11) is -3.83. The monoisotopic (exact) mass is 448 g/mol. The van der Waals surface area contributed by atoms with Gasteiger partial charge in [0.2, 0.25) is 5.91 Å². The smallest absolute Gasteiger partial charge is 0.263 e. The number of nitrogens with zero attached hydrogens (tertiary/aromatic N) is 2. The number of benzene rings is 2. The number of nitrogens with one attached hydrogen (secondary N) is 2. The van der Waals surface area contributed by atoms with E-state index in [0.717, 1.165) is 11.3 Å². The van der Waals surface area contributed by atoms with Crippen LogP contribution in [0.15, 0.2) is 71.6 Å². The zero-order valence-electron chi connectivity index (χ0n) is 15.1. The van der Waals surface area contributed by atoms with Crippen molar-refractivity contribution in [2.24, 2.45) is 0 Å². The summed E-state index contributed by atoms with van der Waals surface area (Å²) >= 11 is 7.14. The van der Waals surface area contributed by atoms with E-state index in [2.05, 4.69) is 20.2 Å². The number of halogens is 1. The number of aromatic nitrogens is 2. The SMILES string of the molecule is O=C(CSCc1ccccc1)Nc1ccc(S(=O)(=O)Nc2ccc(Cl)nn2)cc1. The molecule has 3 rings (SSSR count). The highest BCUT2D eigenvalue weighted by Gasteiger charge is 2.15. The molecular formula is C19H17ClN4O3S2. The van der Waals surface area contributed by atoms with Gasteiger partial charge in [-0.1, -0.05) is 41.9 Å². The third kappa shape index (κ3) is 6.45. The Balaban J connectivity index is 1.53. The van der Waals surface area contributed by atoms with Crippen LogP contribution in [0.3, 0.4) is 0 Å². The number of thioether (sulfide) groups is 1. The number of carbonyl (C=O) groups is 1. The van der Waals surface area contributed by atoms with E-state index in [1.54, 1.807) is 0 Å². The van der Waals surface area contributed by atoms with Gasteiger partial charge in [-0.2, -0.15) is 0 Å². The second-order valence-corrected chi connectivity index (χ2v) is 8.95. The van der Waals surface area contributed by atoms with E-state index in [-0.39, 0.29) is 21.8 Å². The van der Waals surface area contributed by atoms with Crippen LogP contribution in [0.1, 0.15) is 5.56 Å². The lowest BCUT2D eigenvalue weighted by Crippen LogP contribution is -2.16. The van der Waals surface area contributed by atoms with Crippen molar-refractivity contribution in [1.82, 2.24) is 10.2 Å². The highest BCUT2D eigenvalue weighted by atomic mass is 35.5. The lowest BCUT2D eigenvalue weighted by atomic mass is 10.2. The molecule has 1 aromatic heterocycles. The lowest BCUT2D eigenvalue weighted by Gasteiger charge is -2.09. The van der Waals surface area contributed by atoms with Crippen molar-refractivity contribution in [2.45, 2.75) is 10.6 Å². The third-order valence-corrected chi connectivity index (χ3v) is 6.24. The van der Waals surface area contributed by atoms with Crippen LogP contribution in [0.25, 0.3) is 0 Å². The molecule has 0 saturated heterocycles. The van der Waals surface area contributed by atoms with Crippen molar-refractivity contribution in [3.63, 3.8) is 0 Å². The molecule has 2 N–H and O–H groups in total. The van der Waals surface area contributed by atoms with Crippen LogP contribution in [-0.2, 0) is 20.6 Å². The number of sulfonamides is 1. The first-order chi connectivity index (χ1) is 13.9. The van der Waals surface area contributed by atoms with Crippen LogP contribution in [-0.4, -0.2) is 30.3 Å². The molecular weight excluding hydrogens is 432 g/mol. The van der Waals surface area contributed by atoms with Gasteiger partial charge in [0.15, 0.2) is 11.0 Å². The van der Waals surface area contributed by atoms with Crippen molar-refractivity contribution in [3.8, 4) is 0 Å². The second-order valence-electron chi connectivity index (χ2n) is 5.90. The Hall–Kier alpha value is -2.62. The van der Waals surface area contributed by atoms with E-state index in [1.165, 1.54) is 48.2 Å². The first kappa shape index (κ1) is 21.1. The van der Waals surface area contributed by atoms with Gasteiger partial charge in [-0.25, -0.2) is 8.42 Å². The minimum atomic E-state index is -3.83. The summed E-state index contributed by atoms with van der Waals surface area (Å²) in [5.74, 6) is 0.939. The molecule has 2 aromatic carbocycles. The normalized spacial score (nSPS) is 11.1. The van der Waals surface area contributed by atoms with Crippen LogP contribution < -0.4 is 10.0 Å². The standard InChI is InChI=1S/C19H17ClN4O3S2/c20-17-10-11-18(23-22-17)24-29(26,27)16-8-6-15(7-9-16)21-19(25)13-28-12-14-4-2-1-3-5-14/h1-11H,12-13H2,(H,21,25)(H,23,24). The minimum absolute atomic E-state index is 0.0331. The van der Waals surface area contributed by atoms with E-state index < -0.39 is 10.0 Å². The summed E-state index contributed by atoms with van der Waals surface area (Å²) in [6, 6.07) is 18.6. The van der Waals surface area contributed by atoms with Gasteiger partial charge in [0.05, 0.1) is 10.6 Å². The molecule has 0 aliphatic heterocycles. The molecule has 0 radical (unpaired) electrons. The molecule has 0 atom stereocenters. The fraction of sp³-hybridized carbons (Fsp3) is 0.105. The number of hydrogen-bond acceptors (Lipinski definition) is 6. The van der Waals surface area contributed by atoms with E-state index >= 15 is 0 Å². The van der Waals surface area contributed by atoms with Gasteiger partial charge in [0.25, 0.3) is 10.0 Å². The first-order valence-electron chi connectivity index (χ1n) is 8.46. The Morgan fingerprint density at radius 1 is 0.966 bits per heavy atom. The van der Waals surface area contributed by atoms with Crippen LogP contribution in [0.5, 0.6) is 0 Å². The maximum Gasteiger partial charge on any atom is 0.263 e. The van der Waals surface area contributed by atoms with Gasteiger partial charge in [-0.3, -0.25) is 9.52 Å². The number of amides is 1. The third-order valence-electron chi connectivity index (χ3n) is 3.66. The molecule has 0 spiro atoms. The highest BCUT2D eigenvalue weighted by molar-refractivity contribution is 7.99. The van der Waals surface area contributed by atoms with E-state index in [4.69, 9.17) is 11.6 Å². The van der Waals surface area contributed by atoms with Gasteiger partial charge in [0.1, 0.15) is 0 Å². The molecule has 29 heavy (non-hydrogen) atoms. The van der Waals surface area contributed by atoms with Crippen LogP contribution >= 0.6 is 23.4 Å². The maximum atomic E-state index is 12.4. The van der Waals surface area contributed by atoms with Gasteiger partial charge in [0, 0.05) is 11.4 Å². The van der Waals surface area contributed by atoms with Crippen molar-refractivity contribution in [3.05, 3.63) is 77.4 Å². The Kier molecular flexibility index (Phi) is 7.08. The summed E-state index contributed by atoms with van der Waals surface area (Å²) < 4.78 is 27.1. The van der Waals surface area contributed by atoms with Gasteiger partial charge < -0.3 is 5.32 Å². The van der Waals surface area contributed by atoms with Crippen LogP contribution in [0.4, 0.5) is 11.5 Å². The van der Waals surface area contributed by atoms with Crippen molar-refractivity contribution in [2.75, 3.05) is 15.8 Å². The summed E-state index contributed by atoms with van der Waals surface area (Å²) in [4.78, 5) is 12.1. The Morgan fingerprint density at radius 2 is 1.69 bits per heavy atom. The summed E-state index contributed by atoms with van der Waals surface area (Å²) in [5, 5.41) is 10.2. The molecule has 150 valence electrons. The van der Waals surface area contributed by atoms with E-state index in [1.807, 2.05) is 30.3 Å². The summed E-state index contributed by atoms with van der Waals surface area (Å²) in [5.41, 5.74) is 1.67. The Bertz CT molecular complexity index is 1060. The summed E-state index contributed by atoms with van der Waals surface area (Å²) in [6.07, 6.45) is 0. The van der Waals surface area contributed by atoms with Crippen molar-refractivity contribution < 1.29 is 13.2 Å². The molecule has 0 saturated carbocycles. The number of anilines is 2. The molecule has 0 fully saturated rings. The van der Waals surface area contributed by atoms with Gasteiger partial charge in [-0.15, -0.1) is 22.0 Å². The zero-order valence-corrected chi connectivity index (χ0v) is 17.5. The predicted molar refractivity (Wildman–Crippen MR) is 116 cm³/mol. The predicted octanol–water partition coefficient (Wildman–Crippen LogP) is 3.80. The van der Waals surface area contributed by atoms with E-state index in [9.17, 15) is 13.2 Å². The van der Waals surface area contributed by atoms with Gasteiger partial charge in [-0.05, 0) is 42.0 Å². The summed E-state index contributed by atoms with van der Waals surface area (Å²) in [6.45, 7) is 0. The topological polar surface area (TPSA) is 101 Å². The second kappa shape index (κ2) is 9.73. The molecule has 10 heteroatoms. The average Bonchev–Trinajstić information content (AvgIpc) is 2.71. The fourth-order valence-corrected chi connectivity index (χ4v) is 4.20. The quantitative estimate of drug-likeness (QED) is 0.543. The largest absolute Gasteiger partial charge is 0.325 e. The highest BCUT2D eigenvalue weighted by Crippen LogP contribution is 2.18. The molecule has 0 bridgehead atoms. The molecule has 0 aliphatic rings. The zero-order chi connectivity index (χ0) is 20.7. The molecule has 1 heterocycles. The van der Waals surface area contributed by atoms with Crippen molar-refractivity contribution >= 4 is 50.8 Å². The Labute approximate surface area is 177 Å².